The number of nitrogens with one attached hydrogen (secondary N) is 1. The van der Waals surface area contributed by atoms with Crippen LogP contribution in [0.2, 0.25) is 0 Å². The van der Waals surface area contributed by atoms with E-state index in [4.69, 9.17) is 0 Å². The number of nitrogens with zero attached hydrogens (tertiary/aromatic N) is 3. The second kappa shape index (κ2) is 7.03. The molecule has 2 fully saturated rings. The molecule has 1 N–H and O–H groups in total. The van der Waals surface area contributed by atoms with E-state index in [1.807, 2.05) is 18.2 Å². The number of hydrogen-bond acceptors (Lipinski definition) is 4. The standard InChI is InChI=1S/C19H22N4O/c20-12-16-7-8-17(13-21)23(16)18(24)14-22-19(9-4-10-19)11-15-5-2-1-3-6-15/h1-3,5-6,16-17,22H,4,7-11,14H2/t16-,17+. The van der Waals surface area contributed by atoms with Crippen LogP contribution >= 0.6 is 0 Å². The number of likely N-dealkylation sites (tertiary alicyclic amines) is 1. The number of rotatable bonds is 5. The molecule has 1 saturated carbocycles. The van der Waals surface area contributed by atoms with Crippen LogP contribution in [0.25, 0.3) is 0 Å². The van der Waals surface area contributed by atoms with Crippen molar-refractivity contribution in [1.82, 2.24) is 10.2 Å². The van der Waals surface area contributed by atoms with Crippen molar-refractivity contribution in [3.05, 3.63) is 35.9 Å². The van der Waals surface area contributed by atoms with Crippen molar-refractivity contribution in [2.75, 3.05) is 6.54 Å². The molecule has 5 heteroatoms. The minimum atomic E-state index is -0.463. The van der Waals surface area contributed by atoms with Crippen LogP contribution in [-0.4, -0.2) is 35.0 Å². The van der Waals surface area contributed by atoms with Crippen molar-refractivity contribution >= 4 is 5.91 Å². The Balaban J connectivity index is 1.62. The first-order valence-corrected chi connectivity index (χ1v) is 8.57. The van der Waals surface area contributed by atoms with Gasteiger partial charge in [-0.3, -0.25) is 4.79 Å². The molecule has 1 aliphatic heterocycles. The highest BCUT2D eigenvalue weighted by atomic mass is 16.2. The number of hydrogen-bond donors (Lipinski definition) is 1. The van der Waals surface area contributed by atoms with E-state index in [0.717, 1.165) is 19.3 Å². The number of carbonyl (C=O) groups is 1. The molecular weight excluding hydrogens is 300 g/mol. The highest BCUT2D eigenvalue weighted by molar-refractivity contribution is 5.80. The van der Waals surface area contributed by atoms with E-state index in [-0.39, 0.29) is 18.0 Å². The van der Waals surface area contributed by atoms with Gasteiger partial charge < -0.3 is 10.2 Å². The Morgan fingerprint density at radius 1 is 1.17 bits per heavy atom. The summed E-state index contributed by atoms with van der Waals surface area (Å²) in [5.74, 6) is -0.134. The third-order valence-corrected chi connectivity index (χ3v) is 5.28. The lowest BCUT2D eigenvalue weighted by atomic mass is 9.72. The molecule has 0 aromatic heterocycles. The quantitative estimate of drug-likeness (QED) is 0.901. The number of amides is 1. The van der Waals surface area contributed by atoms with Crippen molar-refractivity contribution in [2.45, 2.75) is 56.1 Å². The zero-order valence-electron chi connectivity index (χ0n) is 13.7. The van der Waals surface area contributed by atoms with Gasteiger partial charge in [0.1, 0.15) is 12.1 Å². The van der Waals surface area contributed by atoms with E-state index in [2.05, 4.69) is 29.6 Å². The number of nitriles is 2. The van der Waals surface area contributed by atoms with Gasteiger partial charge in [-0.25, -0.2) is 0 Å². The summed E-state index contributed by atoms with van der Waals surface area (Å²) in [5, 5.41) is 21.8. The fourth-order valence-electron chi connectivity index (χ4n) is 3.77. The average molecular weight is 322 g/mol. The molecule has 1 amide bonds. The fraction of sp³-hybridized carbons (Fsp3) is 0.526. The molecule has 1 aromatic carbocycles. The second-order valence-corrected chi connectivity index (χ2v) is 6.82. The molecule has 2 atom stereocenters. The van der Waals surface area contributed by atoms with E-state index in [1.54, 1.807) is 0 Å². The molecule has 3 rings (SSSR count). The van der Waals surface area contributed by atoms with Gasteiger partial charge in [-0.1, -0.05) is 30.3 Å². The van der Waals surface area contributed by atoms with Crippen molar-refractivity contribution < 1.29 is 4.79 Å². The Bertz CT molecular complexity index is 647. The molecule has 5 nitrogen and oxygen atoms in total. The predicted molar refractivity (Wildman–Crippen MR) is 89.6 cm³/mol. The highest BCUT2D eigenvalue weighted by Crippen LogP contribution is 2.35. The summed E-state index contributed by atoms with van der Waals surface area (Å²) in [4.78, 5) is 14.1. The molecule has 0 radical (unpaired) electrons. The Kier molecular flexibility index (Phi) is 4.83. The molecule has 0 bridgehead atoms. The van der Waals surface area contributed by atoms with Crippen LogP contribution in [0.4, 0.5) is 0 Å². The third-order valence-electron chi connectivity index (χ3n) is 5.28. The maximum absolute atomic E-state index is 12.6. The fourth-order valence-corrected chi connectivity index (χ4v) is 3.77. The van der Waals surface area contributed by atoms with Crippen LogP contribution < -0.4 is 5.32 Å². The average Bonchev–Trinajstić information content (AvgIpc) is 3.01. The van der Waals surface area contributed by atoms with Gasteiger partial charge >= 0.3 is 0 Å². The lowest BCUT2D eigenvalue weighted by Crippen LogP contribution is -2.56. The van der Waals surface area contributed by atoms with Crippen LogP contribution in [0.3, 0.4) is 0 Å². The first-order chi connectivity index (χ1) is 11.7. The lowest BCUT2D eigenvalue weighted by Gasteiger charge is -2.43. The molecule has 0 spiro atoms. The van der Waals surface area contributed by atoms with Crippen LogP contribution in [0.1, 0.15) is 37.7 Å². The largest absolute Gasteiger partial charge is 0.310 e. The van der Waals surface area contributed by atoms with E-state index in [1.165, 1.54) is 16.9 Å². The summed E-state index contributed by atoms with van der Waals surface area (Å²) < 4.78 is 0. The number of benzene rings is 1. The minimum absolute atomic E-state index is 0.0268. The summed E-state index contributed by atoms with van der Waals surface area (Å²) in [6.07, 6.45) is 5.37. The topological polar surface area (TPSA) is 79.9 Å². The van der Waals surface area contributed by atoms with E-state index >= 15 is 0 Å². The molecule has 1 aliphatic carbocycles. The van der Waals surface area contributed by atoms with Crippen molar-refractivity contribution in [3.8, 4) is 12.1 Å². The van der Waals surface area contributed by atoms with Gasteiger partial charge in [0.25, 0.3) is 0 Å². The molecule has 24 heavy (non-hydrogen) atoms. The van der Waals surface area contributed by atoms with Crippen molar-refractivity contribution in [1.29, 1.82) is 10.5 Å². The summed E-state index contributed by atoms with van der Waals surface area (Å²) in [6, 6.07) is 13.7. The van der Waals surface area contributed by atoms with Crippen LogP contribution in [-0.2, 0) is 11.2 Å². The first-order valence-electron chi connectivity index (χ1n) is 8.57. The Morgan fingerprint density at radius 2 is 1.79 bits per heavy atom. The second-order valence-electron chi connectivity index (χ2n) is 6.82. The Labute approximate surface area is 142 Å². The van der Waals surface area contributed by atoms with Crippen molar-refractivity contribution in [3.63, 3.8) is 0 Å². The first kappa shape index (κ1) is 16.5. The van der Waals surface area contributed by atoms with Gasteiger partial charge in [0.05, 0.1) is 18.7 Å². The summed E-state index contributed by atoms with van der Waals surface area (Å²) in [7, 11) is 0. The highest BCUT2D eigenvalue weighted by Gasteiger charge is 2.40. The summed E-state index contributed by atoms with van der Waals surface area (Å²) in [5.41, 5.74) is 1.24. The van der Waals surface area contributed by atoms with Gasteiger partial charge in [0.2, 0.25) is 5.91 Å². The van der Waals surface area contributed by atoms with Gasteiger partial charge in [0, 0.05) is 5.54 Å². The van der Waals surface area contributed by atoms with E-state index in [9.17, 15) is 15.3 Å². The maximum atomic E-state index is 12.6. The van der Waals surface area contributed by atoms with E-state index < -0.39 is 12.1 Å². The third kappa shape index (κ3) is 3.27. The normalized spacial score (nSPS) is 24.7. The zero-order valence-corrected chi connectivity index (χ0v) is 13.7. The monoisotopic (exact) mass is 322 g/mol. The molecule has 1 heterocycles. The maximum Gasteiger partial charge on any atom is 0.238 e. The molecule has 124 valence electrons. The van der Waals surface area contributed by atoms with Crippen LogP contribution in [0.15, 0.2) is 30.3 Å². The molecule has 1 aromatic rings. The minimum Gasteiger partial charge on any atom is -0.310 e. The van der Waals surface area contributed by atoms with Crippen molar-refractivity contribution in [2.24, 2.45) is 0 Å². The molecule has 1 saturated heterocycles. The molecular formula is C19H22N4O. The van der Waals surface area contributed by atoms with Crippen LogP contribution in [0, 0.1) is 22.7 Å². The SMILES string of the molecule is N#C[C@@H]1CC[C@H](C#N)N1C(=O)CNC1(Cc2ccccc2)CCC1. The summed E-state index contributed by atoms with van der Waals surface area (Å²) in [6.45, 7) is 0.198. The van der Waals surface area contributed by atoms with Crippen LogP contribution in [0.5, 0.6) is 0 Å². The molecule has 2 aliphatic rings. The predicted octanol–water partition coefficient (Wildman–Crippen LogP) is 2.15. The Morgan fingerprint density at radius 3 is 2.29 bits per heavy atom. The van der Waals surface area contributed by atoms with Gasteiger partial charge in [0.15, 0.2) is 0 Å². The van der Waals surface area contributed by atoms with Gasteiger partial charge in [-0.05, 0) is 44.1 Å². The van der Waals surface area contributed by atoms with E-state index in [0.29, 0.717) is 12.8 Å². The summed E-state index contributed by atoms with van der Waals surface area (Å²) >= 11 is 0. The van der Waals surface area contributed by atoms with Gasteiger partial charge in [-0.2, -0.15) is 10.5 Å². The van der Waals surface area contributed by atoms with Gasteiger partial charge in [-0.15, -0.1) is 0 Å². The number of carbonyl (C=O) groups excluding carboxylic acids is 1. The Hall–Kier alpha value is -2.37. The molecule has 0 unspecified atom stereocenters. The lowest BCUT2D eigenvalue weighted by molar-refractivity contribution is -0.131. The smallest absolute Gasteiger partial charge is 0.238 e. The zero-order chi connectivity index (χ0) is 17.0.